The summed E-state index contributed by atoms with van der Waals surface area (Å²) in [4.78, 5) is 9.06. The van der Waals surface area contributed by atoms with Crippen LogP contribution in [0.4, 0.5) is 5.69 Å². The average molecular weight is 497 g/mol. The van der Waals surface area contributed by atoms with Crippen LogP contribution in [0.5, 0.6) is 0 Å². The van der Waals surface area contributed by atoms with Crippen LogP contribution in [-0.2, 0) is 6.54 Å². The number of rotatable bonds is 3. The predicted octanol–water partition coefficient (Wildman–Crippen LogP) is 3.24. The standard InChI is InChI=1S/C19H21ClN6.HI/c20-16-4-6-17(7-5-16)24-9-11-25(12-10-24)19(21)22-13-15-14-23-26-8-2-1-3-18(15)26;/h1-8,14H,9-13H2,(H2,21,22);1H. The Bertz CT molecular complexity index is 915. The quantitative estimate of drug-likeness (QED) is 0.344. The Balaban J connectivity index is 0.00000210. The summed E-state index contributed by atoms with van der Waals surface area (Å²) in [5, 5.41) is 5.10. The largest absolute Gasteiger partial charge is 0.370 e. The van der Waals surface area contributed by atoms with Gasteiger partial charge in [-0.1, -0.05) is 17.7 Å². The van der Waals surface area contributed by atoms with Crippen molar-refractivity contribution < 1.29 is 0 Å². The summed E-state index contributed by atoms with van der Waals surface area (Å²) in [6.45, 7) is 4.07. The minimum absolute atomic E-state index is 0. The fraction of sp³-hybridized carbons (Fsp3) is 0.263. The van der Waals surface area contributed by atoms with Crippen LogP contribution in [0.3, 0.4) is 0 Å². The molecule has 0 atom stereocenters. The average Bonchev–Trinajstić information content (AvgIpc) is 3.10. The maximum absolute atomic E-state index is 6.23. The highest BCUT2D eigenvalue weighted by Crippen LogP contribution is 2.19. The lowest BCUT2D eigenvalue weighted by Gasteiger charge is -2.36. The van der Waals surface area contributed by atoms with Crippen LogP contribution in [-0.4, -0.2) is 46.7 Å². The fourth-order valence-corrected chi connectivity index (χ4v) is 3.35. The number of aliphatic imine (C=N–C) groups is 1. The van der Waals surface area contributed by atoms with Gasteiger partial charge in [0.1, 0.15) is 0 Å². The second kappa shape index (κ2) is 8.79. The number of hydrogen-bond donors (Lipinski definition) is 1. The molecule has 1 fully saturated rings. The van der Waals surface area contributed by atoms with Gasteiger partial charge in [0.2, 0.25) is 0 Å². The van der Waals surface area contributed by atoms with Gasteiger partial charge in [0.25, 0.3) is 0 Å². The molecular formula is C19H22ClIN6. The molecule has 0 aliphatic carbocycles. The molecule has 3 heterocycles. The number of hydrogen-bond acceptors (Lipinski definition) is 3. The van der Waals surface area contributed by atoms with Crippen LogP contribution in [0.25, 0.3) is 5.52 Å². The molecule has 0 amide bonds. The molecule has 0 saturated carbocycles. The molecular weight excluding hydrogens is 475 g/mol. The van der Waals surface area contributed by atoms with Gasteiger partial charge in [-0.2, -0.15) is 5.10 Å². The zero-order valence-electron chi connectivity index (χ0n) is 14.8. The van der Waals surface area contributed by atoms with Gasteiger partial charge in [-0.3, -0.25) is 0 Å². The Morgan fingerprint density at radius 1 is 1.07 bits per heavy atom. The van der Waals surface area contributed by atoms with Gasteiger partial charge in [0, 0.05) is 48.6 Å². The highest BCUT2D eigenvalue weighted by molar-refractivity contribution is 14.0. The number of piperazine rings is 1. The maximum atomic E-state index is 6.23. The van der Waals surface area contributed by atoms with Gasteiger partial charge < -0.3 is 15.5 Å². The van der Waals surface area contributed by atoms with Gasteiger partial charge in [-0.25, -0.2) is 9.51 Å². The highest BCUT2D eigenvalue weighted by Gasteiger charge is 2.18. The third-order valence-corrected chi connectivity index (χ3v) is 4.97. The van der Waals surface area contributed by atoms with Crippen LogP contribution in [0.15, 0.2) is 59.9 Å². The van der Waals surface area contributed by atoms with E-state index in [0.29, 0.717) is 12.5 Å². The first kappa shape index (κ1) is 19.8. The number of nitrogens with two attached hydrogens (primary N) is 1. The normalized spacial score (nSPS) is 15.1. The summed E-state index contributed by atoms with van der Waals surface area (Å²) in [5.74, 6) is 0.594. The molecule has 1 saturated heterocycles. The molecule has 1 aliphatic heterocycles. The lowest BCUT2D eigenvalue weighted by Crippen LogP contribution is -2.51. The Labute approximate surface area is 180 Å². The van der Waals surface area contributed by atoms with Crippen LogP contribution < -0.4 is 10.6 Å². The van der Waals surface area contributed by atoms with E-state index in [-0.39, 0.29) is 24.0 Å². The van der Waals surface area contributed by atoms with Gasteiger partial charge in [-0.15, -0.1) is 24.0 Å². The van der Waals surface area contributed by atoms with Gasteiger partial charge >= 0.3 is 0 Å². The Morgan fingerprint density at radius 2 is 1.81 bits per heavy atom. The molecule has 2 N–H and O–H groups in total. The van der Waals surface area contributed by atoms with Gasteiger partial charge in [0.05, 0.1) is 18.3 Å². The lowest BCUT2D eigenvalue weighted by molar-refractivity contribution is 0.380. The molecule has 3 aromatic rings. The first-order valence-electron chi connectivity index (χ1n) is 8.67. The predicted molar refractivity (Wildman–Crippen MR) is 121 cm³/mol. The van der Waals surface area contributed by atoms with E-state index in [9.17, 15) is 0 Å². The SMILES string of the molecule is I.NC(=NCc1cnn2ccccc12)N1CCN(c2ccc(Cl)cc2)CC1. The summed E-state index contributed by atoms with van der Waals surface area (Å²) in [7, 11) is 0. The van der Waals surface area contributed by atoms with Crippen molar-refractivity contribution in [3.8, 4) is 0 Å². The molecule has 142 valence electrons. The number of benzene rings is 1. The first-order chi connectivity index (χ1) is 12.7. The van der Waals surface area contributed by atoms with Crippen molar-refractivity contribution in [1.82, 2.24) is 14.5 Å². The summed E-state index contributed by atoms with van der Waals surface area (Å²) in [5.41, 5.74) is 9.56. The molecule has 4 rings (SSSR count). The van der Waals surface area contributed by atoms with E-state index in [1.165, 1.54) is 5.69 Å². The number of fused-ring (bicyclic) bond motifs is 1. The third-order valence-electron chi connectivity index (χ3n) is 4.71. The molecule has 0 unspecified atom stereocenters. The van der Waals surface area contributed by atoms with Crippen molar-refractivity contribution in [3.63, 3.8) is 0 Å². The second-order valence-corrected chi connectivity index (χ2v) is 6.76. The van der Waals surface area contributed by atoms with E-state index in [4.69, 9.17) is 17.3 Å². The molecule has 0 spiro atoms. The second-order valence-electron chi connectivity index (χ2n) is 6.33. The molecule has 0 bridgehead atoms. The zero-order valence-corrected chi connectivity index (χ0v) is 17.9. The minimum Gasteiger partial charge on any atom is -0.370 e. The number of nitrogens with zero attached hydrogens (tertiary/aromatic N) is 5. The van der Waals surface area contributed by atoms with E-state index in [1.54, 1.807) is 0 Å². The van der Waals surface area contributed by atoms with Crippen molar-refractivity contribution in [1.29, 1.82) is 0 Å². The first-order valence-corrected chi connectivity index (χ1v) is 9.05. The molecule has 8 heteroatoms. The maximum Gasteiger partial charge on any atom is 0.191 e. The minimum atomic E-state index is 0. The van der Waals surface area contributed by atoms with Gasteiger partial charge in [-0.05, 0) is 36.4 Å². The number of pyridine rings is 1. The Morgan fingerprint density at radius 3 is 2.56 bits per heavy atom. The number of halogens is 2. The molecule has 27 heavy (non-hydrogen) atoms. The summed E-state index contributed by atoms with van der Waals surface area (Å²) in [6, 6.07) is 14.0. The van der Waals surface area contributed by atoms with Gasteiger partial charge in [0.15, 0.2) is 5.96 Å². The fourth-order valence-electron chi connectivity index (χ4n) is 3.22. The van der Waals surface area contributed by atoms with Crippen molar-refractivity contribution in [2.24, 2.45) is 10.7 Å². The number of anilines is 1. The molecule has 6 nitrogen and oxygen atoms in total. The molecule has 0 radical (unpaired) electrons. The van der Waals surface area contributed by atoms with Crippen LogP contribution in [0.2, 0.25) is 5.02 Å². The van der Waals surface area contributed by atoms with E-state index in [1.807, 2.05) is 47.2 Å². The Kier molecular flexibility index (Phi) is 6.43. The van der Waals surface area contributed by atoms with Crippen molar-refractivity contribution in [2.75, 3.05) is 31.1 Å². The Hall–Kier alpha value is -2.00. The van der Waals surface area contributed by atoms with E-state index >= 15 is 0 Å². The van der Waals surface area contributed by atoms with Crippen LogP contribution in [0, 0.1) is 0 Å². The zero-order chi connectivity index (χ0) is 17.9. The van der Waals surface area contributed by atoms with Crippen LogP contribution >= 0.6 is 35.6 Å². The summed E-state index contributed by atoms with van der Waals surface area (Å²) < 4.78 is 1.85. The van der Waals surface area contributed by atoms with E-state index < -0.39 is 0 Å². The topological polar surface area (TPSA) is 62.2 Å². The van der Waals surface area contributed by atoms with Crippen molar-refractivity contribution in [3.05, 3.63) is 65.4 Å². The smallest absolute Gasteiger partial charge is 0.191 e. The summed E-state index contributed by atoms with van der Waals surface area (Å²) in [6.07, 6.45) is 3.78. The summed E-state index contributed by atoms with van der Waals surface area (Å²) >= 11 is 5.96. The lowest BCUT2D eigenvalue weighted by atomic mass is 10.2. The number of aromatic nitrogens is 2. The number of guanidine groups is 1. The van der Waals surface area contributed by atoms with E-state index in [0.717, 1.165) is 42.3 Å². The van der Waals surface area contributed by atoms with Crippen LogP contribution in [0.1, 0.15) is 5.56 Å². The van der Waals surface area contributed by atoms with E-state index in [2.05, 4.69) is 32.0 Å². The third kappa shape index (κ3) is 4.47. The molecule has 1 aliphatic rings. The van der Waals surface area contributed by atoms with Crippen molar-refractivity contribution in [2.45, 2.75) is 6.54 Å². The molecule has 2 aromatic heterocycles. The van der Waals surface area contributed by atoms with Crippen molar-refractivity contribution >= 4 is 52.7 Å². The highest BCUT2D eigenvalue weighted by atomic mass is 127. The molecule has 1 aromatic carbocycles. The monoisotopic (exact) mass is 496 g/mol.